The molecule has 0 saturated carbocycles. The molecule has 0 atom stereocenters. The highest BCUT2D eigenvalue weighted by molar-refractivity contribution is 7.22. The summed E-state index contributed by atoms with van der Waals surface area (Å²) in [7, 11) is 1.72. The summed E-state index contributed by atoms with van der Waals surface area (Å²) < 4.78 is 0.730. The van der Waals surface area contributed by atoms with Crippen LogP contribution in [0.1, 0.15) is 31.1 Å². The first-order valence-corrected chi connectivity index (χ1v) is 10.1. The maximum Gasteiger partial charge on any atom is 0.268 e. The van der Waals surface area contributed by atoms with Crippen molar-refractivity contribution >= 4 is 50.1 Å². The van der Waals surface area contributed by atoms with Crippen molar-refractivity contribution in [1.29, 1.82) is 0 Å². The summed E-state index contributed by atoms with van der Waals surface area (Å²) in [6.45, 7) is 0. The molecule has 1 aromatic heterocycles. The molecule has 0 saturated heterocycles. The van der Waals surface area contributed by atoms with Crippen LogP contribution in [-0.4, -0.2) is 29.8 Å². The number of aromatic nitrogens is 1. The summed E-state index contributed by atoms with van der Waals surface area (Å²) in [5.74, 6) is -0.914. The highest BCUT2D eigenvalue weighted by atomic mass is 32.1. The number of para-hydroxylation sites is 1. The second-order valence-corrected chi connectivity index (χ2v) is 7.88. The van der Waals surface area contributed by atoms with Gasteiger partial charge >= 0.3 is 0 Å². The van der Waals surface area contributed by atoms with Crippen LogP contribution in [0.25, 0.3) is 10.2 Å². The summed E-state index contributed by atoms with van der Waals surface area (Å²) in [5.41, 5.74) is 2.68. The van der Waals surface area contributed by atoms with Gasteiger partial charge in [0.15, 0.2) is 0 Å². The minimum Gasteiger partial charge on any atom is -0.311 e. The molecule has 7 heteroatoms. The molecule has 3 amide bonds. The number of hydrogen-bond donors (Lipinski definition) is 0. The Labute approximate surface area is 176 Å². The minimum atomic E-state index is -0.380. The van der Waals surface area contributed by atoms with Crippen LogP contribution in [-0.2, 0) is 0 Å². The van der Waals surface area contributed by atoms with Gasteiger partial charge in [0, 0.05) is 18.3 Å². The summed E-state index contributed by atoms with van der Waals surface area (Å²) in [6, 6.07) is 21.3. The van der Waals surface area contributed by atoms with E-state index in [1.54, 1.807) is 54.4 Å². The van der Waals surface area contributed by atoms with Crippen molar-refractivity contribution in [1.82, 2.24) is 4.98 Å². The molecule has 0 N–H and O–H groups in total. The number of anilines is 2. The zero-order chi connectivity index (χ0) is 20.8. The van der Waals surface area contributed by atoms with Crippen molar-refractivity contribution in [2.45, 2.75) is 0 Å². The van der Waals surface area contributed by atoms with Gasteiger partial charge in [0.2, 0.25) is 5.13 Å². The zero-order valence-corrected chi connectivity index (χ0v) is 16.7. The Kier molecular flexibility index (Phi) is 4.18. The molecular formula is C23H15N3O3S. The Bertz CT molecular complexity index is 1300. The average molecular weight is 413 g/mol. The van der Waals surface area contributed by atoms with Crippen LogP contribution in [0.15, 0.2) is 72.8 Å². The second-order valence-electron chi connectivity index (χ2n) is 6.87. The van der Waals surface area contributed by atoms with E-state index in [-0.39, 0.29) is 17.7 Å². The van der Waals surface area contributed by atoms with Crippen LogP contribution < -0.4 is 9.80 Å². The van der Waals surface area contributed by atoms with Crippen molar-refractivity contribution in [3.63, 3.8) is 0 Å². The Balaban J connectivity index is 1.49. The van der Waals surface area contributed by atoms with Crippen LogP contribution in [0.5, 0.6) is 0 Å². The van der Waals surface area contributed by atoms with Gasteiger partial charge in [-0.15, -0.1) is 0 Å². The maximum atomic E-state index is 12.9. The van der Waals surface area contributed by atoms with Crippen LogP contribution in [0.2, 0.25) is 0 Å². The Hall–Kier alpha value is -3.84. The maximum absolute atomic E-state index is 12.9. The van der Waals surface area contributed by atoms with Crippen molar-refractivity contribution in [2.24, 2.45) is 0 Å². The molecule has 1 aliphatic heterocycles. The summed E-state index contributed by atoms with van der Waals surface area (Å²) >= 11 is 1.21. The molecule has 0 bridgehead atoms. The lowest BCUT2D eigenvalue weighted by molar-refractivity contribution is 0.0924. The third kappa shape index (κ3) is 2.79. The van der Waals surface area contributed by atoms with Crippen molar-refractivity contribution in [3.05, 3.63) is 89.5 Å². The number of benzene rings is 3. The SMILES string of the molecule is CN(C(=O)c1ccc2nc(N3C(=O)c4ccccc4C3=O)sc2c1)c1ccccc1. The first-order valence-electron chi connectivity index (χ1n) is 9.26. The summed E-state index contributed by atoms with van der Waals surface area (Å²) in [5, 5.41) is 0.303. The first-order chi connectivity index (χ1) is 14.5. The predicted molar refractivity (Wildman–Crippen MR) is 116 cm³/mol. The minimum absolute atomic E-state index is 0.154. The molecule has 146 valence electrons. The van der Waals surface area contributed by atoms with Gasteiger partial charge in [0.1, 0.15) is 0 Å². The monoisotopic (exact) mass is 413 g/mol. The van der Waals surface area contributed by atoms with E-state index in [0.29, 0.717) is 27.3 Å². The Morgan fingerprint density at radius 2 is 1.53 bits per heavy atom. The van der Waals surface area contributed by atoms with E-state index in [2.05, 4.69) is 4.98 Å². The molecule has 2 heterocycles. The first kappa shape index (κ1) is 18.2. The molecular weight excluding hydrogens is 398 g/mol. The third-order valence-corrected chi connectivity index (χ3v) is 6.06. The molecule has 3 aromatic carbocycles. The third-order valence-electron chi connectivity index (χ3n) is 5.06. The van der Waals surface area contributed by atoms with Gasteiger partial charge in [-0.1, -0.05) is 41.7 Å². The molecule has 5 rings (SSSR count). The van der Waals surface area contributed by atoms with Gasteiger partial charge in [-0.25, -0.2) is 9.88 Å². The van der Waals surface area contributed by atoms with E-state index < -0.39 is 0 Å². The molecule has 30 heavy (non-hydrogen) atoms. The quantitative estimate of drug-likeness (QED) is 0.468. The van der Waals surface area contributed by atoms with Gasteiger partial charge in [-0.2, -0.15) is 0 Å². The van der Waals surface area contributed by atoms with E-state index in [9.17, 15) is 14.4 Å². The van der Waals surface area contributed by atoms with Crippen LogP contribution in [0.4, 0.5) is 10.8 Å². The molecule has 0 fully saturated rings. The number of carbonyl (C=O) groups excluding carboxylic acids is 3. The van der Waals surface area contributed by atoms with E-state index in [0.717, 1.165) is 15.3 Å². The average Bonchev–Trinajstić information content (AvgIpc) is 3.31. The van der Waals surface area contributed by atoms with E-state index in [4.69, 9.17) is 0 Å². The zero-order valence-electron chi connectivity index (χ0n) is 15.9. The highest BCUT2D eigenvalue weighted by Crippen LogP contribution is 2.35. The van der Waals surface area contributed by atoms with Gasteiger partial charge in [0.05, 0.1) is 21.3 Å². The lowest BCUT2D eigenvalue weighted by atomic mass is 10.1. The number of imide groups is 1. The van der Waals surface area contributed by atoms with Crippen molar-refractivity contribution in [3.8, 4) is 0 Å². The number of hydrogen-bond acceptors (Lipinski definition) is 5. The fourth-order valence-electron chi connectivity index (χ4n) is 3.47. The number of thiazole rings is 1. The molecule has 6 nitrogen and oxygen atoms in total. The largest absolute Gasteiger partial charge is 0.311 e. The molecule has 0 radical (unpaired) electrons. The fraction of sp³-hybridized carbons (Fsp3) is 0.0435. The van der Waals surface area contributed by atoms with Crippen LogP contribution in [0.3, 0.4) is 0 Å². The molecule has 0 unspecified atom stereocenters. The van der Waals surface area contributed by atoms with Crippen molar-refractivity contribution in [2.75, 3.05) is 16.8 Å². The number of nitrogens with zero attached hydrogens (tertiary/aromatic N) is 3. The molecule has 0 spiro atoms. The number of rotatable bonds is 3. The normalized spacial score (nSPS) is 13.0. The summed E-state index contributed by atoms with van der Waals surface area (Å²) in [4.78, 5) is 45.5. The fourth-order valence-corrected chi connectivity index (χ4v) is 4.47. The standard InChI is InChI=1S/C23H15N3O3S/c1-25(15-7-3-2-4-8-15)20(27)14-11-12-18-19(13-14)30-23(24-18)26-21(28)16-9-5-6-10-17(16)22(26)29/h2-13H,1H3. The van der Waals surface area contributed by atoms with Crippen molar-refractivity contribution < 1.29 is 14.4 Å². The van der Waals surface area contributed by atoms with Crippen LogP contribution in [0, 0.1) is 0 Å². The van der Waals surface area contributed by atoms with Gasteiger partial charge < -0.3 is 4.90 Å². The molecule has 4 aromatic rings. The van der Waals surface area contributed by atoms with E-state index in [1.165, 1.54) is 11.3 Å². The Morgan fingerprint density at radius 1 is 0.900 bits per heavy atom. The topological polar surface area (TPSA) is 70.6 Å². The van der Waals surface area contributed by atoms with Gasteiger partial charge in [0.25, 0.3) is 17.7 Å². The number of carbonyl (C=O) groups is 3. The number of fused-ring (bicyclic) bond motifs is 2. The second kappa shape index (κ2) is 6.89. The highest BCUT2D eigenvalue weighted by Gasteiger charge is 2.38. The van der Waals surface area contributed by atoms with E-state index in [1.807, 2.05) is 30.3 Å². The van der Waals surface area contributed by atoms with E-state index >= 15 is 0 Å². The number of amides is 3. The lowest BCUT2D eigenvalue weighted by Gasteiger charge is -2.17. The predicted octanol–water partition coefficient (Wildman–Crippen LogP) is 4.37. The Morgan fingerprint density at radius 3 is 2.20 bits per heavy atom. The lowest BCUT2D eigenvalue weighted by Crippen LogP contribution is -2.29. The van der Waals surface area contributed by atoms with Gasteiger partial charge in [-0.3, -0.25) is 14.4 Å². The molecule has 0 aliphatic carbocycles. The van der Waals surface area contributed by atoms with Gasteiger partial charge in [-0.05, 0) is 42.5 Å². The molecule has 1 aliphatic rings. The van der Waals surface area contributed by atoms with Crippen LogP contribution >= 0.6 is 11.3 Å². The summed E-state index contributed by atoms with van der Waals surface area (Å²) in [6.07, 6.45) is 0. The smallest absolute Gasteiger partial charge is 0.268 e.